The molecule has 0 aromatic heterocycles. The number of hydrogen-bond acceptors (Lipinski definition) is 10. The van der Waals surface area contributed by atoms with Crippen LogP contribution in [0.3, 0.4) is 0 Å². The lowest BCUT2D eigenvalue weighted by atomic mass is 9.66. The van der Waals surface area contributed by atoms with Crippen molar-refractivity contribution in [2.45, 2.75) is 113 Å². The number of amides is 1. The fraction of sp³-hybridized carbons (Fsp3) is 0.844. The molecule has 6 aliphatic rings. The monoisotopic (exact) mass is 598 g/mol. The Kier molecular flexibility index (Phi) is 9.55. The summed E-state index contributed by atoms with van der Waals surface area (Å²) in [5.41, 5.74) is -0.762. The highest BCUT2D eigenvalue weighted by atomic mass is 16.5. The van der Waals surface area contributed by atoms with E-state index >= 15 is 0 Å². The minimum atomic E-state index is -0.762. The van der Waals surface area contributed by atoms with Gasteiger partial charge in [0.25, 0.3) is 0 Å². The van der Waals surface area contributed by atoms with Crippen LogP contribution in [0.2, 0.25) is 0 Å². The number of hydrogen-bond donors (Lipinski definition) is 2. The Bertz CT molecular complexity index is 1080. The van der Waals surface area contributed by atoms with E-state index in [9.17, 15) is 14.9 Å². The second-order valence-corrected chi connectivity index (χ2v) is 13.6. The van der Waals surface area contributed by atoms with E-state index in [1.54, 1.807) is 12.0 Å². The van der Waals surface area contributed by atoms with Gasteiger partial charge >= 0.3 is 0 Å². The number of fused-ring (bicyclic) bond motifs is 2. The molecule has 43 heavy (non-hydrogen) atoms. The van der Waals surface area contributed by atoms with Gasteiger partial charge in [0, 0.05) is 44.6 Å². The number of carbonyl (C=O) groups is 2. The van der Waals surface area contributed by atoms with Crippen molar-refractivity contribution >= 4 is 11.7 Å². The largest absolute Gasteiger partial charge is 0.381 e. The first-order valence-corrected chi connectivity index (χ1v) is 16.5. The van der Waals surface area contributed by atoms with Crippen LogP contribution in [0, 0.1) is 23.2 Å². The van der Waals surface area contributed by atoms with Gasteiger partial charge in [-0.2, -0.15) is 5.26 Å². The quantitative estimate of drug-likeness (QED) is 0.418. The molecule has 4 saturated heterocycles. The summed E-state index contributed by atoms with van der Waals surface area (Å²) < 4.78 is 19.1. The van der Waals surface area contributed by atoms with E-state index < -0.39 is 18.0 Å². The zero-order valence-corrected chi connectivity index (χ0v) is 25.9. The van der Waals surface area contributed by atoms with E-state index in [2.05, 4.69) is 40.1 Å². The van der Waals surface area contributed by atoms with Crippen molar-refractivity contribution in [2.75, 3.05) is 46.9 Å². The molecule has 2 aliphatic carbocycles. The lowest BCUT2D eigenvalue weighted by Crippen LogP contribution is -2.76. The molecule has 6 rings (SSSR count). The van der Waals surface area contributed by atoms with Gasteiger partial charge in [0.15, 0.2) is 12.1 Å². The molecule has 10 atom stereocenters. The molecule has 2 N–H and O–H groups in total. The SMILES string of the molecule is C=CC(=O)N1CCN(C2NC(OCC3CCCN3C)NC3C(=O)[C@]4(CCC5C(OC)CCCC5O4)CCC32)CC1CC#N. The van der Waals surface area contributed by atoms with Gasteiger partial charge in [-0.3, -0.25) is 25.1 Å². The van der Waals surface area contributed by atoms with E-state index in [4.69, 9.17) is 14.2 Å². The molecule has 4 aliphatic heterocycles. The number of piperazine rings is 1. The number of likely N-dealkylation sites (tertiary alicyclic amines) is 1. The van der Waals surface area contributed by atoms with Crippen LogP contribution in [0.1, 0.15) is 64.2 Å². The van der Waals surface area contributed by atoms with Crippen molar-refractivity contribution in [3.8, 4) is 6.07 Å². The number of Topliss-reactive ketones (excluding diaryl/α,β-unsaturated/α-hetero) is 1. The van der Waals surface area contributed by atoms with Gasteiger partial charge in [0.1, 0.15) is 5.60 Å². The van der Waals surface area contributed by atoms with Crippen LogP contribution in [-0.2, 0) is 23.8 Å². The molecule has 0 aromatic carbocycles. The zero-order chi connectivity index (χ0) is 30.1. The van der Waals surface area contributed by atoms with Crippen LogP contribution in [0.15, 0.2) is 12.7 Å². The fourth-order valence-corrected chi connectivity index (χ4v) is 9.00. The van der Waals surface area contributed by atoms with E-state index in [0.29, 0.717) is 44.6 Å². The predicted octanol–water partition coefficient (Wildman–Crippen LogP) is 1.59. The van der Waals surface area contributed by atoms with E-state index in [1.807, 2.05) is 0 Å². The molecule has 11 nitrogen and oxygen atoms in total. The number of methoxy groups -OCH3 is 1. The summed E-state index contributed by atoms with van der Waals surface area (Å²) in [5.74, 6) is 0.401. The molecule has 9 unspecified atom stereocenters. The average Bonchev–Trinajstić information content (AvgIpc) is 3.45. The van der Waals surface area contributed by atoms with Crippen LogP contribution in [0.4, 0.5) is 0 Å². The first-order chi connectivity index (χ1) is 20.9. The van der Waals surface area contributed by atoms with Crippen molar-refractivity contribution in [3.05, 3.63) is 12.7 Å². The minimum Gasteiger partial charge on any atom is -0.381 e. The molecule has 0 aromatic rings. The Balaban J connectivity index is 1.22. The lowest BCUT2D eigenvalue weighted by Gasteiger charge is -2.56. The molecule has 0 radical (unpaired) electrons. The van der Waals surface area contributed by atoms with E-state index in [0.717, 1.165) is 51.5 Å². The van der Waals surface area contributed by atoms with Gasteiger partial charge < -0.3 is 24.0 Å². The van der Waals surface area contributed by atoms with Crippen LogP contribution >= 0.6 is 0 Å². The summed E-state index contributed by atoms with van der Waals surface area (Å²) in [4.78, 5) is 33.6. The Labute approximate surface area is 256 Å². The summed E-state index contributed by atoms with van der Waals surface area (Å²) in [5, 5.41) is 16.9. The Morgan fingerprint density at radius 1 is 1.12 bits per heavy atom. The number of rotatable bonds is 7. The summed E-state index contributed by atoms with van der Waals surface area (Å²) in [6, 6.07) is 2.01. The van der Waals surface area contributed by atoms with Crippen LogP contribution < -0.4 is 10.6 Å². The van der Waals surface area contributed by atoms with Crippen LogP contribution in [-0.4, -0.2) is 122 Å². The molecule has 238 valence electrons. The third-order valence-electron chi connectivity index (χ3n) is 11.4. The number of nitriles is 1. The highest BCUT2D eigenvalue weighted by Crippen LogP contribution is 2.47. The second kappa shape index (κ2) is 13.2. The molecule has 4 heterocycles. The topological polar surface area (TPSA) is 119 Å². The number of ether oxygens (including phenoxy) is 3. The highest BCUT2D eigenvalue weighted by Gasteiger charge is 2.58. The molecular weight excluding hydrogens is 548 g/mol. The Morgan fingerprint density at radius 3 is 2.65 bits per heavy atom. The van der Waals surface area contributed by atoms with Gasteiger partial charge in [0.2, 0.25) is 5.91 Å². The smallest absolute Gasteiger partial charge is 0.246 e. The third kappa shape index (κ3) is 6.05. The zero-order valence-electron chi connectivity index (χ0n) is 25.9. The highest BCUT2D eigenvalue weighted by molar-refractivity contribution is 5.93. The molecule has 6 fully saturated rings. The Morgan fingerprint density at radius 2 is 1.93 bits per heavy atom. The second-order valence-electron chi connectivity index (χ2n) is 13.6. The third-order valence-corrected chi connectivity index (χ3v) is 11.4. The summed E-state index contributed by atoms with van der Waals surface area (Å²) in [6.45, 7) is 7.05. The number of carbonyl (C=O) groups excluding carboxylic acids is 2. The molecule has 1 amide bonds. The lowest BCUT2D eigenvalue weighted by molar-refractivity contribution is -0.211. The van der Waals surface area contributed by atoms with E-state index in [1.165, 1.54) is 12.5 Å². The van der Waals surface area contributed by atoms with Gasteiger partial charge in [0.05, 0.1) is 49.6 Å². The minimum absolute atomic E-state index is 0.0240. The van der Waals surface area contributed by atoms with Crippen molar-refractivity contribution < 1.29 is 23.8 Å². The standard InChI is InChI=1S/C32H50N6O5/c1-4-27(39)38-18-17-37(19-21(38)12-15-33)30-24-11-14-32(13-10-23-25(41-3)8-5-9-26(23)43-32)29(40)28(24)34-31(35-30)42-20-22-7-6-16-36(22)2/h4,21-26,28,30-31,34-35H,1,5-14,16-20H2,2-3H3/t21?,22?,23?,24?,25?,26?,28?,30?,31?,32-/m0/s1. The van der Waals surface area contributed by atoms with Gasteiger partial charge in [-0.25, -0.2) is 0 Å². The molecule has 2 saturated carbocycles. The number of nitrogens with zero attached hydrogens (tertiary/aromatic N) is 4. The molecular formula is C32H50N6O5. The predicted molar refractivity (Wildman–Crippen MR) is 159 cm³/mol. The maximum atomic E-state index is 14.6. The van der Waals surface area contributed by atoms with Crippen molar-refractivity contribution in [3.63, 3.8) is 0 Å². The van der Waals surface area contributed by atoms with Crippen molar-refractivity contribution in [1.29, 1.82) is 5.26 Å². The first-order valence-electron chi connectivity index (χ1n) is 16.5. The maximum absolute atomic E-state index is 14.6. The summed E-state index contributed by atoms with van der Waals surface area (Å²) >= 11 is 0. The summed E-state index contributed by atoms with van der Waals surface area (Å²) in [7, 11) is 3.94. The van der Waals surface area contributed by atoms with Crippen molar-refractivity contribution in [1.82, 2.24) is 25.3 Å². The fourth-order valence-electron chi connectivity index (χ4n) is 9.00. The van der Waals surface area contributed by atoms with E-state index in [-0.39, 0.29) is 48.4 Å². The molecule has 11 heteroatoms. The first kappa shape index (κ1) is 31.1. The van der Waals surface area contributed by atoms with Crippen molar-refractivity contribution in [2.24, 2.45) is 11.8 Å². The average molecular weight is 599 g/mol. The number of ketones is 1. The Hall–Kier alpha value is -1.91. The maximum Gasteiger partial charge on any atom is 0.246 e. The normalized spacial score (nSPS) is 42.3. The van der Waals surface area contributed by atoms with Gasteiger partial charge in [-0.15, -0.1) is 0 Å². The number of likely N-dealkylation sites (N-methyl/N-ethyl adjacent to an activating group) is 1. The summed E-state index contributed by atoms with van der Waals surface area (Å²) in [6.07, 6.45) is 9.90. The number of nitrogens with one attached hydrogen (secondary N) is 2. The van der Waals surface area contributed by atoms with Gasteiger partial charge in [-0.05, 0) is 77.5 Å². The van der Waals surface area contributed by atoms with Crippen LogP contribution in [0.25, 0.3) is 0 Å². The molecule has 0 bridgehead atoms. The van der Waals surface area contributed by atoms with Gasteiger partial charge in [-0.1, -0.05) is 6.58 Å². The van der Waals surface area contributed by atoms with Crippen LogP contribution in [0.5, 0.6) is 0 Å². The molecule has 1 spiro atoms.